The van der Waals surface area contributed by atoms with Gasteiger partial charge in [-0.3, -0.25) is 0 Å². The number of hydrogen-bond donors (Lipinski definition) is 1. The Bertz CT molecular complexity index is 33.8. The predicted octanol–water partition coefficient (Wildman–Crippen LogP) is -2.29. The maximum atomic E-state index is 8.33. The Hall–Kier alpha value is -0.147. The van der Waals surface area contributed by atoms with Gasteiger partial charge in [0.2, 0.25) is 0 Å². The summed E-state index contributed by atoms with van der Waals surface area (Å²) in [7, 11) is 0. The fourth-order valence-electron chi connectivity index (χ4n) is 0. The van der Waals surface area contributed by atoms with Gasteiger partial charge in [0.1, 0.15) is 0 Å². The molecule has 6 heavy (non-hydrogen) atoms. The van der Waals surface area contributed by atoms with Gasteiger partial charge in [-0.2, -0.15) is 0 Å². The van der Waals surface area contributed by atoms with Gasteiger partial charge < -0.3 is 21.2 Å². The summed E-state index contributed by atoms with van der Waals surface area (Å²) in [5.74, 6) is 0. The minimum atomic E-state index is -2.33. The van der Waals surface area contributed by atoms with Crippen molar-refractivity contribution in [2.24, 2.45) is 0 Å². The van der Waals surface area contributed by atoms with Crippen molar-refractivity contribution in [2.75, 3.05) is 0 Å². The predicted molar refractivity (Wildman–Crippen MR) is 10.4 cm³/mol. The Kier molecular flexibility index (Phi) is 25.0. The van der Waals surface area contributed by atoms with Gasteiger partial charge in [-0.25, -0.2) is 0 Å². The van der Waals surface area contributed by atoms with Crippen molar-refractivity contribution in [3.63, 3.8) is 0 Å². The first-order chi connectivity index (χ1) is 1.73. The molecule has 0 heterocycles. The maximum absolute atomic E-state index is 8.33. The molecular weight excluding hydrogens is 139 g/mol. The maximum Gasteiger partial charge on any atom is 2.00 e. The summed E-state index contributed by atoms with van der Waals surface area (Å²) in [6, 6.07) is 0. The van der Waals surface area contributed by atoms with Crippen molar-refractivity contribution < 1.29 is 34.5 Å². The van der Waals surface area contributed by atoms with E-state index in [4.69, 9.17) is 15.0 Å². The topological polar surface area (TPSA) is 98.2 Å². The molecule has 0 aromatic rings. The number of hydrogen-bond acceptors (Lipinski definition) is 4. The first-order valence-corrected chi connectivity index (χ1v) is 0.612. The molecule has 0 aromatic heterocycles. The molecular formula is CH3NO3Zn. The number of rotatable bonds is 0. The number of carboxylic acid groups (broad SMARTS) is 2. The average Bonchev–Trinajstić information content (AvgIpc) is 0.811. The van der Waals surface area contributed by atoms with Gasteiger partial charge in [0.05, 0.1) is 0 Å². The molecule has 0 spiro atoms. The van der Waals surface area contributed by atoms with Crippen LogP contribution in [0.25, 0.3) is 0 Å². The Labute approximate surface area is 47.5 Å². The van der Waals surface area contributed by atoms with Gasteiger partial charge in [0.25, 0.3) is 0 Å². The van der Waals surface area contributed by atoms with Crippen LogP contribution in [0.2, 0.25) is 0 Å². The first-order valence-electron chi connectivity index (χ1n) is 0.612. The van der Waals surface area contributed by atoms with Crippen molar-refractivity contribution in [2.45, 2.75) is 0 Å². The Morgan fingerprint density at radius 2 is 1.33 bits per heavy atom. The van der Waals surface area contributed by atoms with E-state index in [1.54, 1.807) is 0 Å². The quantitative estimate of drug-likeness (QED) is 0.385. The van der Waals surface area contributed by atoms with Crippen LogP contribution in [0.15, 0.2) is 0 Å². The van der Waals surface area contributed by atoms with Crippen LogP contribution in [0, 0.1) is 0 Å². The summed E-state index contributed by atoms with van der Waals surface area (Å²) in [4.78, 5) is 8.33. The van der Waals surface area contributed by atoms with Gasteiger partial charge in [-0.05, 0) is 6.16 Å². The molecule has 0 bridgehead atoms. The molecule has 0 aliphatic carbocycles. The second-order valence-electron chi connectivity index (χ2n) is 0.250. The molecule has 5 heteroatoms. The molecule has 0 aromatic carbocycles. The van der Waals surface area contributed by atoms with Crippen molar-refractivity contribution in [1.29, 1.82) is 0 Å². The minimum Gasteiger partial charge on any atom is -0.652 e. The second-order valence-corrected chi connectivity index (χ2v) is 0.250. The summed E-state index contributed by atoms with van der Waals surface area (Å²) in [6.45, 7) is 0. The van der Waals surface area contributed by atoms with E-state index < -0.39 is 6.16 Å². The Morgan fingerprint density at radius 1 is 1.33 bits per heavy atom. The van der Waals surface area contributed by atoms with E-state index in [0.29, 0.717) is 0 Å². The van der Waals surface area contributed by atoms with Gasteiger partial charge in [-0.15, -0.1) is 0 Å². The zero-order chi connectivity index (χ0) is 3.58. The van der Waals surface area contributed by atoms with Crippen molar-refractivity contribution >= 4 is 6.16 Å². The molecule has 0 unspecified atom stereocenters. The van der Waals surface area contributed by atoms with Crippen molar-refractivity contribution in [3.05, 3.63) is 0 Å². The molecule has 0 radical (unpaired) electrons. The van der Waals surface area contributed by atoms with E-state index in [0.717, 1.165) is 0 Å². The fourth-order valence-corrected chi connectivity index (χ4v) is 0. The smallest absolute Gasteiger partial charge is 0.652 e. The molecule has 0 saturated carbocycles. The SMILES string of the molecule is N.O=C([O-])[O-].[Zn+2]. The van der Waals surface area contributed by atoms with E-state index >= 15 is 0 Å². The minimum absolute atomic E-state index is 0. The van der Waals surface area contributed by atoms with Crippen LogP contribution >= 0.6 is 0 Å². The summed E-state index contributed by atoms with van der Waals surface area (Å²) in [5, 5.41) is 16.7. The molecule has 0 amide bonds. The third-order valence-corrected chi connectivity index (χ3v) is 0. The van der Waals surface area contributed by atoms with E-state index in [1.165, 1.54) is 0 Å². The largest absolute Gasteiger partial charge is 2.00 e. The monoisotopic (exact) mass is 141 g/mol. The van der Waals surface area contributed by atoms with Gasteiger partial charge in [0.15, 0.2) is 0 Å². The second kappa shape index (κ2) is 8.85. The van der Waals surface area contributed by atoms with E-state index in [2.05, 4.69) is 0 Å². The van der Waals surface area contributed by atoms with Crippen LogP contribution in [-0.2, 0) is 19.5 Å². The van der Waals surface area contributed by atoms with Gasteiger partial charge in [-0.1, -0.05) is 0 Å². The molecule has 4 nitrogen and oxygen atoms in total. The standard InChI is InChI=1S/CH2O3.H3N.Zn/c2-1(3)4;;/h(H2,2,3,4);1H3;/q;;+2/p-2. The van der Waals surface area contributed by atoms with Gasteiger partial charge >= 0.3 is 19.5 Å². The molecule has 0 rings (SSSR count). The summed E-state index contributed by atoms with van der Waals surface area (Å²) in [6.07, 6.45) is -2.33. The van der Waals surface area contributed by atoms with E-state index in [9.17, 15) is 0 Å². The molecule has 0 saturated heterocycles. The third kappa shape index (κ3) is 1460. The average molecular weight is 142 g/mol. The molecule has 0 aliphatic rings. The third-order valence-electron chi connectivity index (χ3n) is 0. The zero-order valence-corrected chi connectivity index (χ0v) is 6.11. The normalized spacial score (nSPS) is 4.00. The van der Waals surface area contributed by atoms with Crippen LogP contribution in [0.3, 0.4) is 0 Å². The van der Waals surface area contributed by atoms with Crippen LogP contribution in [0.4, 0.5) is 4.79 Å². The van der Waals surface area contributed by atoms with E-state index in [1.807, 2.05) is 0 Å². The number of carbonyl (C=O) groups excluding carboxylic acids is 1. The van der Waals surface area contributed by atoms with Crippen LogP contribution in [0.5, 0.6) is 0 Å². The molecule has 0 atom stereocenters. The van der Waals surface area contributed by atoms with Crippen molar-refractivity contribution in [1.82, 2.24) is 6.15 Å². The van der Waals surface area contributed by atoms with E-state index in [-0.39, 0.29) is 25.6 Å². The summed E-state index contributed by atoms with van der Waals surface area (Å²) in [5.41, 5.74) is 0. The Balaban J connectivity index is -0.0000000450. The molecule has 3 N–H and O–H groups in total. The summed E-state index contributed by atoms with van der Waals surface area (Å²) >= 11 is 0. The zero-order valence-electron chi connectivity index (χ0n) is 3.14. The molecule has 0 aliphatic heterocycles. The summed E-state index contributed by atoms with van der Waals surface area (Å²) < 4.78 is 0. The van der Waals surface area contributed by atoms with Crippen LogP contribution in [0.1, 0.15) is 0 Å². The molecule has 0 fully saturated rings. The van der Waals surface area contributed by atoms with Crippen molar-refractivity contribution in [3.8, 4) is 0 Å². The fraction of sp³-hybridized carbons (Fsp3) is 0. The number of carbonyl (C=O) groups is 1. The molecule has 32 valence electrons. The van der Waals surface area contributed by atoms with Crippen LogP contribution < -0.4 is 16.4 Å². The van der Waals surface area contributed by atoms with Crippen LogP contribution in [-0.4, -0.2) is 6.16 Å². The first kappa shape index (κ1) is 16.9. The Morgan fingerprint density at radius 3 is 1.33 bits per heavy atom. The van der Waals surface area contributed by atoms with Gasteiger partial charge in [0, 0.05) is 0 Å².